The van der Waals surface area contributed by atoms with Crippen molar-refractivity contribution in [1.29, 1.82) is 0 Å². The van der Waals surface area contributed by atoms with E-state index in [4.69, 9.17) is 5.11 Å². The van der Waals surface area contributed by atoms with Crippen LogP contribution in [0.5, 0.6) is 0 Å². The highest BCUT2D eigenvalue weighted by Gasteiger charge is 2.32. The van der Waals surface area contributed by atoms with Crippen LogP contribution >= 0.6 is 0 Å². The minimum atomic E-state index is -3.38. The summed E-state index contributed by atoms with van der Waals surface area (Å²) in [4.78, 5) is 0. The van der Waals surface area contributed by atoms with Gasteiger partial charge in [-0.25, -0.2) is 17.2 Å². The Bertz CT molecular complexity index is 267. The van der Waals surface area contributed by atoms with Crippen LogP contribution in [0, 0.1) is 0 Å². The van der Waals surface area contributed by atoms with Crippen molar-refractivity contribution in [1.82, 2.24) is 4.31 Å². The average Bonchev–Trinajstić information content (AvgIpc) is 2.30. The normalized spacial score (nSPS) is 25.2. The van der Waals surface area contributed by atoms with E-state index < -0.39 is 29.1 Å². The van der Waals surface area contributed by atoms with Crippen molar-refractivity contribution in [2.45, 2.75) is 19.0 Å². The van der Waals surface area contributed by atoms with Gasteiger partial charge in [0.15, 0.2) is 0 Å². The molecule has 1 unspecified atom stereocenters. The van der Waals surface area contributed by atoms with E-state index >= 15 is 0 Å². The Balaban J connectivity index is 2.55. The lowest BCUT2D eigenvalue weighted by atomic mass is 10.3. The lowest BCUT2D eigenvalue weighted by molar-refractivity contribution is -0.0120. The Morgan fingerprint density at radius 3 is 2.46 bits per heavy atom. The van der Waals surface area contributed by atoms with Crippen LogP contribution in [0.15, 0.2) is 0 Å². The van der Waals surface area contributed by atoms with Crippen LogP contribution in [0.2, 0.25) is 0 Å². The lowest BCUT2D eigenvalue weighted by Gasteiger charge is -2.17. The van der Waals surface area contributed by atoms with Gasteiger partial charge >= 0.3 is 0 Å². The summed E-state index contributed by atoms with van der Waals surface area (Å²) >= 11 is 0. The van der Waals surface area contributed by atoms with Gasteiger partial charge in [-0.1, -0.05) is 0 Å². The molecule has 1 rings (SSSR count). The summed E-state index contributed by atoms with van der Waals surface area (Å²) in [5.41, 5.74) is 0. The number of alkyl halides is 2. The van der Waals surface area contributed by atoms with Crippen molar-refractivity contribution in [3.63, 3.8) is 0 Å². The molecular weight excluding hydrogens is 204 g/mol. The maximum Gasteiger partial charge on any atom is 0.265 e. The average molecular weight is 215 g/mol. The first-order chi connectivity index (χ1) is 5.93. The van der Waals surface area contributed by atoms with Crippen LogP contribution in [-0.4, -0.2) is 49.2 Å². The van der Waals surface area contributed by atoms with E-state index in [-0.39, 0.29) is 12.3 Å². The molecule has 0 spiro atoms. The summed E-state index contributed by atoms with van der Waals surface area (Å²) in [6, 6.07) is 0. The molecule has 1 atom stereocenters. The molecule has 4 nitrogen and oxygen atoms in total. The van der Waals surface area contributed by atoms with Crippen molar-refractivity contribution < 1.29 is 22.3 Å². The Morgan fingerprint density at radius 2 is 2.08 bits per heavy atom. The highest BCUT2D eigenvalue weighted by Crippen LogP contribution is 2.15. The first-order valence-corrected chi connectivity index (χ1v) is 5.48. The van der Waals surface area contributed by atoms with Gasteiger partial charge in [0.25, 0.3) is 6.43 Å². The van der Waals surface area contributed by atoms with Crippen LogP contribution in [0.4, 0.5) is 8.78 Å². The van der Waals surface area contributed by atoms with Gasteiger partial charge in [0.05, 0.1) is 5.75 Å². The predicted molar refractivity (Wildman–Crippen MR) is 42.0 cm³/mol. The third-order valence-electron chi connectivity index (χ3n) is 1.88. The molecule has 13 heavy (non-hydrogen) atoms. The van der Waals surface area contributed by atoms with Gasteiger partial charge in [0.1, 0.15) is 6.10 Å². The van der Waals surface area contributed by atoms with Crippen molar-refractivity contribution in [2.75, 3.05) is 18.8 Å². The maximum atomic E-state index is 11.9. The lowest BCUT2D eigenvalue weighted by Crippen LogP contribution is -2.37. The van der Waals surface area contributed by atoms with E-state index in [0.717, 1.165) is 4.31 Å². The smallest absolute Gasteiger partial charge is 0.265 e. The number of rotatable bonds is 3. The van der Waals surface area contributed by atoms with Crippen LogP contribution in [0.1, 0.15) is 6.42 Å². The van der Waals surface area contributed by atoms with Gasteiger partial charge in [-0.2, -0.15) is 4.31 Å². The summed E-state index contributed by atoms with van der Waals surface area (Å²) in [7, 11) is -3.38. The zero-order chi connectivity index (χ0) is 10.1. The number of aliphatic hydroxyl groups is 1. The van der Waals surface area contributed by atoms with Gasteiger partial charge in [-0.15, -0.1) is 0 Å². The molecule has 0 saturated carbocycles. The van der Waals surface area contributed by atoms with Crippen LogP contribution in [-0.2, 0) is 10.0 Å². The monoisotopic (exact) mass is 215 g/mol. The molecule has 0 bridgehead atoms. The third-order valence-corrected chi connectivity index (χ3v) is 3.81. The Labute approximate surface area is 75.2 Å². The topological polar surface area (TPSA) is 57.6 Å². The SMILES string of the molecule is O=S1(=O)CCCN1CC(O)C(F)F. The highest BCUT2D eigenvalue weighted by atomic mass is 32.2. The second-order valence-corrected chi connectivity index (χ2v) is 5.02. The van der Waals surface area contributed by atoms with E-state index in [0.29, 0.717) is 6.42 Å². The summed E-state index contributed by atoms with van der Waals surface area (Å²) in [5.74, 6) is -0.0110. The van der Waals surface area contributed by atoms with Gasteiger partial charge in [-0.05, 0) is 6.42 Å². The molecule has 0 aromatic rings. The fraction of sp³-hybridized carbons (Fsp3) is 1.00. The zero-order valence-corrected chi connectivity index (χ0v) is 7.67. The van der Waals surface area contributed by atoms with Crippen LogP contribution in [0.3, 0.4) is 0 Å². The molecule has 1 fully saturated rings. The summed E-state index contributed by atoms with van der Waals surface area (Å²) < 4.78 is 46.8. The zero-order valence-electron chi connectivity index (χ0n) is 6.86. The van der Waals surface area contributed by atoms with E-state index in [2.05, 4.69) is 0 Å². The molecule has 1 heterocycles. The molecule has 1 saturated heterocycles. The minimum absolute atomic E-state index is 0.0110. The number of sulfonamides is 1. The van der Waals surface area contributed by atoms with Gasteiger partial charge in [0, 0.05) is 13.1 Å². The van der Waals surface area contributed by atoms with E-state index in [1.807, 2.05) is 0 Å². The molecule has 1 N–H and O–H groups in total. The van der Waals surface area contributed by atoms with Gasteiger partial charge < -0.3 is 5.11 Å². The number of nitrogens with zero attached hydrogens (tertiary/aromatic N) is 1. The molecule has 1 aliphatic heterocycles. The molecule has 1 aliphatic rings. The minimum Gasteiger partial charge on any atom is -0.386 e. The second kappa shape index (κ2) is 3.85. The highest BCUT2D eigenvalue weighted by molar-refractivity contribution is 7.89. The van der Waals surface area contributed by atoms with Crippen LogP contribution in [0.25, 0.3) is 0 Å². The summed E-state index contributed by atoms with van der Waals surface area (Å²) in [6.07, 6.45) is -4.33. The van der Waals surface area contributed by atoms with E-state index in [1.165, 1.54) is 0 Å². The molecule has 0 radical (unpaired) electrons. The number of hydrogen-bond acceptors (Lipinski definition) is 3. The Morgan fingerprint density at radius 1 is 1.46 bits per heavy atom. The second-order valence-electron chi connectivity index (χ2n) is 2.93. The van der Waals surface area contributed by atoms with Crippen molar-refractivity contribution in [3.05, 3.63) is 0 Å². The summed E-state index contributed by atoms with van der Waals surface area (Å²) in [6.45, 7) is -0.272. The predicted octanol–water partition coefficient (Wildman–Crippen LogP) is -0.352. The molecule has 0 amide bonds. The van der Waals surface area contributed by atoms with E-state index in [1.54, 1.807) is 0 Å². The number of halogens is 2. The summed E-state index contributed by atoms with van der Waals surface area (Å²) in [5, 5.41) is 8.76. The maximum absolute atomic E-state index is 11.9. The standard InChI is InChI=1S/C6H11F2NO3S/c7-6(8)5(10)4-9-2-1-3-13(9,11)12/h5-6,10H,1-4H2. The molecular formula is C6H11F2NO3S. The van der Waals surface area contributed by atoms with Crippen LogP contribution < -0.4 is 0 Å². The van der Waals surface area contributed by atoms with Crippen molar-refractivity contribution in [2.24, 2.45) is 0 Å². The quantitative estimate of drug-likeness (QED) is 0.700. The first kappa shape index (κ1) is 10.8. The Kier molecular flexibility index (Phi) is 3.20. The largest absolute Gasteiger partial charge is 0.386 e. The van der Waals surface area contributed by atoms with Gasteiger partial charge in [-0.3, -0.25) is 0 Å². The van der Waals surface area contributed by atoms with Gasteiger partial charge in [0.2, 0.25) is 10.0 Å². The molecule has 0 aromatic heterocycles. The number of β-amino-alcohol motifs (C(OH)–C–C–N with tert-alkyl or cyclic N) is 1. The fourth-order valence-electron chi connectivity index (χ4n) is 1.18. The third kappa shape index (κ3) is 2.58. The first-order valence-electron chi connectivity index (χ1n) is 3.87. The molecule has 78 valence electrons. The molecule has 0 aromatic carbocycles. The van der Waals surface area contributed by atoms with Crippen molar-refractivity contribution in [3.8, 4) is 0 Å². The van der Waals surface area contributed by atoms with Crippen molar-refractivity contribution >= 4 is 10.0 Å². The molecule has 0 aliphatic carbocycles. The Hall–Kier alpha value is -0.270. The number of hydrogen-bond donors (Lipinski definition) is 1. The molecule has 7 heteroatoms. The number of aliphatic hydroxyl groups excluding tert-OH is 1. The fourth-order valence-corrected chi connectivity index (χ4v) is 2.72. The van der Waals surface area contributed by atoms with E-state index in [9.17, 15) is 17.2 Å².